The number of nitrogens with zero attached hydrogens (tertiary/aromatic N) is 1. The number of benzene rings is 1. The van der Waals surface area contributed by atoms with Gasteiger partial charge < -0.3 is 5.32 Å². The fourth-order valence-electron chi connectivity index (χ4n) is 1.95. The molecule has 0 spiro atoms. The lowest BCUT2D eigenvalue weighted by atomic mass is 10.1. The summed E-state index contributed by atoms with van der Waals surface area (Å²) in [5, 5.41) is 13.1. The van der Waals surface area contributed by atoms with Gasteiger partial charge in [0.25, 0.3) is 5.69 Å². The summed E-state index contributed by atoms with van der Waals surface area (Å²) in [6.45, 7) is 2.60. The Hall–Kier alpha value is -1.72. The number of hydrogen-bond donors (Lipinski definition) is 1. The maximum Gasteiger partial charge on any atom is 0.275 e. The normalized spacial score (nSPS) is 10.6. The first kappa shape index (κ1) is 16.3. The summed E-state index contributed by atoms with van der Waals surface area (Å²) in [4.78, 5) is 9.64. The number of halogens is 2. The zero-order valence-corrected chi connectivity index (χ0v) is 11.6. The van der Waals surface area contributed by atoms with Gasteiger partial charge in [-0.1, -0.05) is 39.0 Å². The number of nitro groups is 1. The molecule has 6 heteroatoms. The smallest absolute Gasteiger partial charge is 0.275 e. The Labute approximate surface area is 117 Å². The monoisotopic (exact) mass is 286 g/mol. The van der Waals surface area contributed by atoms with Gasteiger partial charge in [0.1, 0.15) is 5.69 Å². The fourth-order valence-corrected chi connectivity index (χ4v) is 1.95. The van der Waals surface area contributed by atoms with E-state index in [-0.39, 0.29) is 5.69 Å². The van der Waals surface area contributed by atoms with Crippen molar-refractivity contribution in [3.8, 4) is 0 Å². The van der Waals surface area contributed by atoms with Crippen molar-refractivity contribution in [2.45, 2.75) is 45.4 Å². The Balaban J connectivity index is 2.42. The van der Waals surface area contributed by atoms with E-state index in [0.29, 0.717) is 6.54 Å². The third-order valence-electron chi connectivity index (χ3n) is 3.07. The van der Waals surface area contributed by atoms with Gasteiger partial charge in [-0.15, -0.1) is 0 Å². The van der Waals surface area contributed by atoms with Gasteiger partial charge in [-0.2, -0.15) is 0 Å². The van der Waals surface area contributed by atoms with Gasteiger partial charge in [-0.05, 0) is 6.42 Å². The molecule has 0 amide bonds. The molecular formula is C14H20F2N2O2. The topological polar surface area (TPSA) is 55.2 Å². The number of unbranched alkanes of at least 4 members (excludes halogenated alkanes) is 5. The summed E-state index contributed by atoms with van der Waals surface area (Å²) in [6, 6.07) is 1.46. The van der Waals surface area contributed by atoms with Crippen molar-refractivity contribution in [1.29, 1.82) is 0 Å². The molecule has 20 heavy (non-hydrogen) atoms. The maximum atomic E-state index is 13.5. The quantitative estimate of drug-likeness (QED) is 0.408. The second-order valence-electron chi connectivity index (χ2n) is 4.74. The van der Waals surface area contributed by atoms with E-state index in [0.717, 1.165) is 31.4 Å². The molecule has 0 aliphatic heterocycles. The van der Waals surface area contributed by atoms with Crippen molar-refractivity contribution >= 4 is 11.4 Å². The van der Waals surface area contributed by atoms with E-state index in [1.807, 2.05) is 0 Å². The standard InChI is InChI=1S/C14H20F2N2O2/c1-2-3-4-5-6-7-8-17-14-12(15)9-11(18(19)20)10-13(14)16/h9-10,17H,2-8H2,1H3. The first-order valence-electron chi connectivity index (χ1n) is 6.93. The van der Waals surface area contributed by atoms with E-state index >= 15 is 0 Å². The summed E-state index contributed by atoms with van der Waals surface area (Å²) in [6.07, 6.45) is 6.50. The second-order valence-corrected chi connectivity index (χ2v) is 4.74. The Morgan fingerprint density at radius 1 is 1.10 bits per heavy atom. The van der Waals surface area contributed by atoms with Crippen LogP contribution in [-0.4, -0.2) is 11.5 Å². The molecule has 1 aromatic rings. The van der Waals surface area contributed by atoms with E-state index in [1.54, 1.807) is 0 Å². The molecule has 0 atom stereocenters. The van der Waals surface area contributed by atoms with Crippen molar-refractivity contribution in [2.75, 3.05) is 11.9 Å². The van der Waals surface area contributed by atoms with Crippen LogP contribution in [0.4, 0.5) is 20.2 Å². The Morgan fingerprint density at radius 3 is 2.20 bits per heavy atom. The van der Waals surface area contributed by atoms with Crippen LogP contribution in [0.1, 0.15) is 45.4 Å². The highest BCUT2D eigenvalue weighted by Crippen LogP contribution is 2.24. The number of nitrogens with one attached hydrogen (secondary N) is 1. The molecule has 1 aromatic carbocycles. The first-order valence-corrected chi connectivity index (χ1v) is 6.93. The zero-order chi connectivity index (χ0) is 15.0. The minimum absolute atomic E-state index is 0.288. The van der Waals surface area contributed by atoms with Crippen LogP contribution in [0.5, 0.6) is 0 Å². The summed E-state index contributed by atoms with van der Waals surface area (Å²) in [7, 11) is 0. The highest BCUT2D eigenvalue weighted by Gasteiger charge is 2.16. The highest BCUT2D eigenvalue weighted by molar-refractivity contribution is 5.51. The van der Waals surface area contributed by atoms with Crippen LogP contribution in [0, 0.1) is 21.7 Å². The van der Waals surface area contributed by atoms with Crippen LogP contribution in [0.25, 0.3) is 0 Å². The van der Waals surface area contributed by atoms with E-state index < -0.39 is 22.2 Å². The molecule has 0 bridgehead atoms. The van der Waals surface area contributed by atoms with Gasteiger partial charge in [-0.25, -0.2) is 8.78 Å². The molecule has 0 aliphatic carbocycles. The summed E-state index contributed by atoms with van der Waals surface area (Å²) >= 11 is 0. The third-order valence-corrected chi connectivity index (χ3v) is 3.07. The van der Waals surface area contributed by atoms with Crippen LogP contribution in [0.2, 0.25) is 0 Å². The van der Waals surface area contributed by atoms with Crippen molar-refractivity contribution in [3.05, 3.63) is 33.9 Å². The van der Waals surface area contributed by atoms with Crippen LogP contribution < -0.4 is 5.32 Å². The number of rotatable bonds is 9. The van der Waals surface area contributed by atoms with Gasteiger partial charge in [0.15, 0.2) is 11.6 Å². The Morgan fingerprint density at radius 2 is 1.65 bits per heavy atom. The maximum absolute atomic E-state index is 13.5. The molecular weight excluding hydrogens is 266 g/mol. The van der Waals surface area contributed by atoms with Gasteiger partial charge in [0.05, 0.1) is 17.1 Å². The molecule has 0 fully saturated rings. The van der Waals surface area contributed by atoms with E-state index in [1.165, 1.54) is 19.3 Å². The highest BCUT2D eigenvalue weighted by atomic mass is 19.1. The van der Waals surface area contributed by atoms with Crippen molar-refractivity contribution < 1.29 is 13.7 Å². The van der Waals surface area contributed by atoms with Crippen molar-refractivity contribution in [3.63, 3.8) is 0 Å². The number of nitro benzene ring substituents is 1. The molecule has 0 unspecified atom stereocenters. The SMILES string of the molecule is CCCCCCCCNc1c(F)cc([N+](=O)[O-])cc1F. The third kappa shape index (κ3) is 5.11. The Bertz CT molecular complexity index is 430. The fraction of sp³-hybridized carbons (Fsp3) is 0.571. The molecule has 1 N–H and O–H groups in total. The molecule has 0 saturated carbocycles. The summed E-state index contributed by atoms with van der Waals surface area (Å²) in [5.41, 5.74) is -0.866. The van der Waals surface area contributed by atoms with E-state index in [9.17, 15) is 18.9 Å². The lowest BCUT2D eigenvalue weighted by Crippen LogP contribution is -2.06. The molecule has 1 rings (SSSR count). The average Bonchev–Trinajstić information content (AvgIpc) is 2.40. The first-order chi connectivity index (χ1) is 9.56. The second kappa shape index (κ2) is 8.45. The minimum atomic E-state index is -0.928. The van der Waals surface area contributed by atoms with Gasteiger partial charge in [-0.3, -0.25) is 10.1 Å². The predicted molar refractivity (Wildman–Crippen MR) is 74.9 cm³/mol. The molecule has 112 valence electrons. The lowest BCUT2D eigenvalue weighted by Gasteiger charge is -2.08. The molecule has 4 nitrogen and oxygen atoms in total. The zero-order valence-electron chi connectivity index (χ0n) is 11.6. The summed E-state index contributed by atoms with van der Waals surface area (Å²) < 4.78 is 27.1. The van der Waals surface area contributed by atoms with Crippen LogP contribution in [-0.2, 0) is 0 Å². The molecule has 0 saturated heterocycles. The summed E-state index contributed by atoms with van der Waals surface area (Å²) in [5.74, 6) is -1.86. The number of anilines is 1. The van der Waals surface area contributed by atoms with E-state index in [2.05, 4.69) is 12.2 Å². The van der Waals surface area contributed by atoms with Crippen molar-refractivity contribution in [2.24, 2.45) is 0 Å². The van der Waals surface area contributed by atoms with Crippen LogP contribution in [0.15, 0.2) is 12.1 Å². The van der Waals surface area contributed by atoms with E-state index in [4.69, 9.17) is 0 Å². The van der Waals surface area contributed by atoms with Gasteiger partial charge in [0.2, 0.25) is 0 Å². The van der Waals surface area contributed by atoms with Crippen LogP contribution >= 0.6 is 0 Å². The minimum Gasteiger partial charge on any atom is -0.380 e. The number of non-ortho nitro benzene ring substituents is 1. The Kier molecular flexibility index (Phi) is 6.90. The largest absolute Gasteiger partial charge is 0.380 e. The predicted octanol–water partition coefficient (Wildman–Crippen LogP) is 4.65. The molecule has 0 aromatic heterocycles. The molecule has 0 aliphatic rings. The van der Waals surface area contributed by atoms with Crippen LogP contribution in [0.3, 0.4) is 0 Å². The van der Waals surface area contributed by atoms with Gasteiger partial charge >= 0.3 is 0 Å². The molecule has 0 radical (unpaired) electrons. The lowest BCUT2D eigenvalue weighted by molar-refractivity contribution is -0.385. The van der Waals surface area contributed by atoms with Gasteiger partial charge in [0, 0.05) is 6.54 Å². The molecule has 0 heterocycles. The average molecular weight is 286 g/mol. The van der Waals surface area contributed by atoms with Crippen molar-refractivity contribution in [1.82, 2.24) is 0 Å². The number of hydrogen-bond acceptors (Lipinski definition) is 3.